The third kappa shape index (κ3) is 8.90. The van der Waals surface area contributed by atoms with Crippen LogP contribution >= 0.6 is 0 Å². The number of halogens is 6. The van der Waals surface area contributed by atoms with Crippen LogP contribution in [0.3, 0.4) is 0 Å². The number of hydrogen-bond acceptors (Lipinski definition) is 5. The van der Waals surface area contributed by atoms with Crippen LogP contribution in [0, 0.1) is 11.8 Å². The number of rotatable bonds is 6. The fourth-order valence-electron chi connectivity index (χ4n) is 7.94. The molecule has 0 radical (unpaired) electrons. The zero-order valence-electron chi connectivity index (χ0n) is 28.2. The molecule has 0 aromatic heterocycles. The number of carbonyl (C=O) groups is 3. The minimum absolute atomic E-state index is 0. The molecule has 0 spiro atoms. The summed E-state index contributed by atoms with van der Waals surface area (Å²) in [5.74, 6) is 0.270. The molecule has 2 aromatic carbocycles. The molecule has 2 aromatic rings. The van der Waals surface area contributed by atoms with Crippen LogP contribution in [0.5, 0.6) is 0 Å². The summed E-state index contributed by atoms with van der Waals surface area (Å²) in [5, 5.41) is 6.28. The first-order valence-corrected chi connectivity index (χ1v) is 17.6. The fraction of sp³-hybridized carbons (Fsp3) is 0.583. The number of amides is 4. The van der Waals surface area contributed by atoms with E-state index in [-0.39, 0.29) is 32.7 Å². The Labute approximate surface area is 294 Å². The molecule has 3 saturated heterocycles. The number of carbonyl (C=O) groups excluding carboxylic acids is 3. The Balaban J connectivity index is 0.00000523. The van der Waals surface area contributed by atoms with Crippen molar-refractivity contribution in [2.45, 2.75) is 75.9 Å². The van der Waals surface area contributed by atoms with Gasteiger partial charge in [-0.25, -0.2) is 9.59 Å². The second-order valence-electron chi connectivity index (χ2n) is 14.0. The number of urea groups is 1. The highest BCUT2D eigenvalue weighted by atomic mass is 19.4. The molecule has 1 atom stereocenters. The topological polar surface area (TPSA) is 94.2 Å². The first-order chi connectivity index (χ1) is 24.3. The van der Waals surface area contributed by atoms with Gasteiger partial charge in [0.15, 0.2) is 6.10 Å². The standard InChI is InChI=1S/C36H43F6N5O4.H2/c37-35(38,39)27-19-23(20-28(22-27)36(40,41)42)21-31(32(48)45-14-7-25(8-15-45)24-5-12-43-13-6-24)51-34(50)46-16-10-29(11-17-46)47-18-9-26-3-1-2-4-30(26)44-33(47)49;/h1-4,19-20,22,24-25,29,31,43H,5-18,21H2,(H,44,49);1H/t31-;/m1./s1. The molecule has 51 heavy (non-hydrogen) atoms. The largest absolute Gasteiger partial charge is 0.436 e. The Morgan fingerprint density at radius 1 is 0.804 bits per heavy atom. The van der Waals surface area contributed by atoms with Crippen LogP contribution in [0.4, 0.5) is 41.6 Å². The van der Waals surface area contributed by atoms with E-state index >= 15 is 0 Å². The second kappa shape index (κ2) is 15.3. The SMILES string of the molecule is O=C(O[C@H](Cc1cc(C(F)(F)F)cc(C(F)(F)F)c1)C(=O)N1CCC(C2CCNCC2)CC1)N1CCC(N2CCc3ccccc3NC2=O)CC1.[HH]. The highest BCUT2D eigenvalue weighted by molar-refractivity contribution is 5.91. The van der Waals surface area contributed by atoms with Crippen LogP contribution in [0.2, 0.25) is 0 Å². The van der Waals surface area contributed by atoms with Gasteiger partial charge in [-0.05, 0) is 105 Å². The van der Waals surface area contributed by atoms with Crippen molar-refractivity contribution in [2.24, 2.45) is 11.8 Å². The van der Waals surface area contributed by atoms with E-state index in [0.29, 0.717) is 75.7 Å². The quantitative estimate of drug-likeness (QED) is 0.320. The van der Waals surface area contributed by atoms with Gasteiger partial charge in [0.2, 0.25) is 0 Å². The molecule has 9 nitrogen and oxygen atoms in total. The number of likely N-dealkylation sites (tertiary alicyclic amines) is 2. The average Bonchev–Trinajstić information content (AvgIpc) is 3.28. The van der Waals surface area contributed by atoms with Crippen LogP contribution in [0.1, 0.15) is 62.2 Å². The smallest absolute Gasteiger partial charge is 0.416 e. The Bertz CT molecular complexity index is 1540. The van der Waals surface area contributed by atoms with Crippen molar-refractivity contribution >= 4 is 23.7 Å². The molecular formula is C36H45F6N5O4. The molecule has 4 heterocycles. The van der Waals surface area contributed by atoms with Gasteiger partial charge < -0.3 is 30.1 Å². The maximum absolute atomic E-state index is 13.9. The molecule has 6 rings (SSSR count). The molecule has 4 aliphatic rings. The number of piperidine rings is 3. The third-order valence-corrected chi connectivity index (χ3v) is 10.8. The van der Waals surface area contributed by atoms with E-state index < -0.39 is 53.6 Å². The summed E-state index contributed by atoms with van der Waals surface area (Å²) >= 11 is 0. The van der Waals surface area contributed by atoms with E-state index in [2.05, 4.69) is 10.6 Å². The lowest BCUT2D eigenvalue weighted by molar-refractivity contribution is -0.143. The van der Waals surface area contributed by atoms with Crippen LogP contribution < -0.4 is 10.6 Å². The Morgan fingerprint density at radius 3 is 2.02 bits per heavy atom. The van der Waals surface area contributed by atoms with Gasteiger partial charge in [-0.15, -0.1) is 0 Å². The molecule has 15 heteroatoms. The van der Waals surface area contributed by atoms with Crippen LogP contribution in [0.25, 0.3) is 0 Å². The molecule has 0 saturated carbocycles. The lowest BCUT2D eigenvalue weighted by Gasteiger charge is -2.39. The molecule has 0 unspecified atom stereocenters. The van der Waals surface area contributed by atoms with Crippen molar-refractivity contribution in [3.8, 4) is 0 Å². The van der Waals surface area contributed by atoms with Crippen molar-refractivity contribution < 1.29 is 46.9 Å². The van der Waals surface area contributed by atoms with E-state index in [1.165, 1.54) is 9.80 Å². The van der Waals surface area contributed by atoms with E-state index in [9.17, 15) is 40.7 Å². The zero-order valence-corrected chi connectivity index (χ0v) is 28.2. The van der Waals surface area contributed by atoms with Gasteiger partial charge in [0.05, 0.1) is 11.1 Å². The molecule has 2 N–H and O–H groups in total. The van der Waals surface area contributed by atoms with Gasteiger partial charge >= 0.3 is 24.5 Å². The van der Waals surface area contributed by atoms with E-state index in [1.807, 2.05) is 24.3 Å². The first kappa shape index (κ1) is 36.8. The highest BCUT2D eigenvalue weighted by Crippen LogP contribution is 2.37. The summed E-state index contributed by atoms with van der Waals surface area (Å²) in [6.45, 7) is 3.41. The third-order valence-electron chi connectivity index (χ3n) is 10.8. The van der Waals surface area contributed by atoms with Crippen molar-refractivity contribution in [2.75, 3.05) is 51.1 Å². The molecule has 0 bridgehead atoms. The van der Waals surface area contributed by atoms with Crippen molar-refractivity contribution in [3.63, 3.8) is 0 Å². The molecule has 3 fully saturated rings. The number of fused-ring (bicyclic) bond motifs is 1. The molecule has 4 amide bonds. The molecule has 0 aliphatic carbocycles. The minimum atomic E-state index is -5.07. The predicted octanol–water partition coefficient (Wildman–Crippen LogP) is 6.81. The first-order valence-electron chi connectivity index (χ1n) is 17.6. The number of benzene rings is 2. The summed E-state index contributed by atoms with van der Waals surface area (Å²) in [6, 6.07) is 8.31. The van der Waals surface area contributed by atoms with Gasteiger partial charge in [-0.1, -0.05) is 18.2 Å². The Kier molecular flexibility index (Phi) is 11.0. The fourth-order valence-corrected chi connectivity index (χ4v) is 7.94. The van der Waals surface area contributed by atoms with E-state index in [4.69, 9.17) is 4.74 Å². The number of nitrogens with one attached hydrogen (secondary N) is 2. The van der Waals surface area contributed by atoms with Crippen molar-refractivity contribution in [1.29, 1.82) is 0 Å². The monoisotopic (exact) mass is 725 g/mol. The predicted molar refractivity (Wildman–Crippen MR) is 178 cm³/mol. The van der Waals surface area contributed by atoms with E-state index in [1.54, 1.807) is 4.90 Å². The normalized spacial score (nSPS) is 20.7. The van der Waals surface area contributed by atoms with Gasteiger partial charge in [0.25, 0.3) is 5.91 Å². The second-order valence-corrected chi connectivity index (χ2v) is 14.0. The van der Waals surface area contributed by atoms with Gasteiger partial charge in [0, 0.05) is 52.3 Å². The Hall–Kier alpha value is -4.01. The number of para-hydroxylation sites is 1. The number of anilines is 1. The average molecular weight is 726 g/mol. The van der Waals surface area contributed by atoms with Crippen LogP contribution in [0.15, 0.2) is 42.5 Å². The summed E-state index contributed by atoms with van der Waals surface area (Å²) < 4.78 is 87.8. The number of ether oxygens (including phenoxy) is 1. The summed E-state index contributed by atoms with van der Waals surface area (Å²) in [7, 11) is 0. The lowest BCUT2D eigenvalue weighted by Crippen LogP contribution is -2.52. The Morgan fingerprint density at radius 2 is 1.39 bits per heavy atom. The van der Waals surface area contributed by atoms with Crippen LogP contribution in [-0.4, -0.2) is 90.7 Å². The van der Waals surface area contributed by atoms with Crippen molar-refractivity contribution in [3.05, 3.63) is 64.7 Å². The lowest BCUT2D eigenvalue weighted by atomic mass is 9.79. The summed E-state index contributed by atoms with van der Waals surface area (Å²) in [5.41, 5.74) is -1.66. The molecule has 4 aliphatic heterocycles. The molecule has 280 valence electrons. The van der Waals surface area contributed by atoms with Crippen LogP contribution in [-0.2, 0) is 34.7 Å². The van der Waals surface area contributed by atoms with E-state index in [0.717, 1.165) is 37.2 Å². The van der Waals surface area contributed by atoms with Crippen molar-refractivity contribution in [1.82, 2.24) is 20.0 Å². The maximum Gasteiger partial charge on any atom is 0.416 e. The number of alkyl halides is 6. The summed E-state index contributed by atoms with van der Waals surface area (Å²) in [4.78, 5) is 45.1. The molecular weight excluding hydrogens is 680 g/mol. The number of nitrogens with zero attached hydrogens (tertiary/aromatic N) is 3. The minimum Gasteiger partial charge on any atom is -0.436 e. The van der Waals surface area contributed by atoms with Gasteiger partial charge in [-0.3, -0.25) is 4.79 Å². The highest BCUT2D eigenvalue weighted by Gasteiger charge is 2.40. The number of hydrogen-bond donors (Lipinski definition) is 2. The van der Waals surface area contributed by atoms with Gasteiger partial charge in [-0.2, -0.15) is 26.3 Å². The van der Waals surface area contributed by atoms with Gasteiger partial charge in [0.1, 0.15) is 0 Å². The summed E-state index contributed by atoms with van der Waals surface area (Å²) in [6.07, 6.45) is -8.33. The zero-order chi connectivity index (χ0) is 36.3. The maximum atomic E-state index is 13.9.